The lowest BCUT2D eigenvalue weighted by atomic mass is 10.2. The molecule has 3 heteroatoms. The van der Waals surface area contributed by atoms with Gasteiger partial charge < -0.3 is 5.32 Å². The Labute approximate surface area is 106 Å². The summed E-state index contributed by atoms with van der Waals surface area (Å²) in [6.07, 6.45) is 6.37. The van der Waals surface area contributed by atoms with E-state index in [0.29, 0.717) is 5.56 Å². The molecule has 3 nitrogen and oxygen atoms in total. The van der Waals surface area contributed by atoms with Crippen LogP contribution in [0.25, 0.3) is 0 Å². The minimum Gasteiger partial charge on any atom is -0.362 e. The molecule has 0 amide bonds. The van der Waals surface area contributed by atoms with Gasteiger partial charge in [-0.25, -0.2) is 0 Å². The first-order chi connectivity index (χ1) is 8.75. The van der Waals surface area contributed by atoms with Crippen LogP contribution < -0.4 is 5.32 Å². The molecule has 2 rings (SSSR count). The van der Waals surface area contributed by atoms with E-state index in [1.807, 2.05) is 31.2 Å². The fourth-order valence-corrected chi connectivity index (χ4v) is 1.48. The predicted octanol–water partition coefficient (Wildman–Crippen LogP) is 3.20. The van der Waals surface area contributed by atoms with E-state index in [1.54, 1.807) is 30.7 Å². The van der Waals surface area contributed by atoms with Crippen molar-refractivity contribution in [2.45, 2.75) is 6.92 Å². The van der Waals surface area contributed by atoms with Crippen molar-refractivity contribution >= 4 is 11.5 Å². The Morgan fingerprint density at radius 3 is 2.44 bits per heavy atom. The average molecular weight is 238 g/mol. The molecule has 90 valence electrons. The van der Waals surface area contributed by atoms with Crippen molar-refractivity contribution < 1.29 is 4.79 Å². The Balaban J connectivity index is 1.96. The van der Waals surface area contributed by atoms with Crippen LogP contribution in [-0.4, -0.2) is 10.8 Å². The molecule has 2 aromatic rings. The predicted molar refractivity (Wildman–Crippen MR) is 72.5 cm³/mol. The number of benzene rings is 1. The van der Waals surface area contributed by atoms with E-state index in [2.05, 4.69) is 10.3 Å². The summed E-state index contributed by atoms with van der Waals surface area (Å²) in [7, 11) is 0. The first-order valence-electron chi connectivity index (χ1n) is 5.70. The molecule has 0 aliphatic heterocycles. The number of hydrogen-bond donors (Lipinski definition) is 1. The number of aromatic nitrogens is 1. The van der Waals surface area contributed by atoms with Crippen molar-refractivity contribution in [1.29, 1.82) is 0 Å². The molecule has 0 aliphatic carbocycles. The third-order valence-corrected chi connectivity index (χ3v) is 2.50. The van der Waals surface area contributed by atoms with Crippen LogP contribution in [0.1, 0.15) is 15.9 Å². The standard InChI is InChI=1S/C15H14N2O/c1-12-2-4-14(5-3-12)17-11-8-15(18)13-6-9-16-10-7-13/h2-11,17H,1H3/b11-8-. The number of pyridine rings is 1. The molecule has 0 saturated heterocycles. The fraction of sp³-hybridized carbons (Fsp3) is 0.0667. The van der Waals surface area contributed by atoms with Crippen molar-refractivity contribution in [2.24, 2.45) is 0 Å². The summed E-state index contributed by atoms with van der Waals surface area (Å²) in [4.78, 5) is 15.6. The maximum Gasteiger partial charge on any atom is 0.187 e. The van der Waals surface area contributed by atoms with Gasteiger partial charge in [0.15, 0.2) is 5.78 Å². The normalized spacial score (nSPS) is 10.5. The molecule has 0 fully saturated rings. The van der Waals surface area contributed by atoms with Crippen LogP contribution in [0.3, 0.4) is 0 Å². The lowest BCUT2D eigenvalue weighted by Gasteiger charge is -2.00. The zero-order valence-electron chi connectivity index (χ0n) is 10.1. The van der Waals surface area contributed by atoms with Crippen LogP contribution in [0.4, 0.5) is 5.69 Å². The van der Waals surface area contributed by atoms with Gasteiger partial charge in [-0.3, -0.25) is 9.78 Å². The van der Waals surface area contributed by atoms with Gasteiger partial charge in [0.2, 0.25) is 0 Å². The van der Waals surface area contributed by atoms with Crippen molar-refractivity contribution in [3.8, 4) is 0 Å². The van der Waals surface area contributed by atoms with E-state index in [1.165, 1.54) is 11.6 Å². The summed E-state index contributed by atoms with van der Waals surface area (Å²) in [5.74, 6) is -0.0444. The van der Waals surface area contributed by atoms with Crippen LogP contribution in [0, 0.1) is 6.92 Å². The number of carbonyl (C=O) groups is 1. The smallest absolute Gasteiger partial charge is 0.187 e. The number of ketones is 1. The first kappa shape index (κ1) is 12.0. The Kier molecular flexibility index (Phi) is 3.86. The lowest BCUT2D eigenvalue weighted by molar-refractivity contribution is 0.104. The highest BCUT2D eigenvalue weighted by atomic mass is 16.1. The average Bonchev–Trinajstić information content (AvgIpc) is 2.42. The number of nitrogens with one attached hydrogen (secondary N) is 1. The summed E-state index contributed by atoms with van der Waals surface area (Å²) in [6, 6.07) is 11.4. The van der Waals surface area contributed by atoms with Gasteiger partial charge in [0, 0.05) is 35.9 Å². The number of anilines is 1. The highest BCUT2D eigenvalue weighted by molar-refractivity contribution is 6.04. The van der Waals surface area contributed by atoms with Gasteiger partial charge in [-0.15, -0.1) is 0 Å². The minimum absolute atomic E-state index is 0.0444. The number of aryl methyl sites for hydroxylation is 1. The Morgan fingerprint density at radius 2 is 1.78 bits per heavy atom. The summed E-state index contributed by atoms with van der Waals surface area (Å²) in [6.45, 7) is 2.03. The molecule has 0 spiro atoms. The van der Waals surface area contributed by atoms with Gasteiger partial charge in [0.1, 0.15) is 0 Å². The monoisotopic (exact) mass is 238 g/mol. The molecule has 1 heterocycles. The van der Waals surface area contributed by atoms with Crippen LogP contribution in [-0.2, 0) is 0 Å². The van der Waals surface area contributed by atoms with Gasteiger partial charge in [-0.1, -0.05) is 17.7 Å². The van der Waals surface area contributed by atoms with Gasteiger partial charge >= 0.3 is 0 Å². The first-order valence-corrected chi connectivity index (χ1v) is 5.70. The second-order valence-electron chi connectivity index (χ2n) is 3.94. The number of carbonyl (C=O) groups excluding carboxylic acids is 1. The van der Waals surface area contributed by atoms with Gasteiger partial charge in [-0.05, 0) is 31.2 Å². The molecule has 0 aliphatic rings. The van der Waals surface area contributed by atoms with E-state index in [9.17, 15) is 4.79 Å². The Hall–Kier alpha value is -2.42. The van der Waals surface area contributed by atoms with Gasteiger partial charge in [0.05, 0.1) is 0 Å². The zero-order chi connectivity index (χ0) is 12.8. The fourth-order valence-electron chi connectivity index (χ4n) is 1.48. The second kappa shape index (κ2) is 5.77. The van der Waals surface area contributed by atoms with Crippen LogP contribution in [0.5, 0.6) is 0 Å². The number of allylic oxidation sites excluding steroid dienone is 1. The minimum atomic E-state index is -0.0444. The van der Waals surface area contributed by atoms with Crippen molar-refractivity contribution in [1.82, 2.24) is 4.98 Å². The maximum absolute atomic E-state index is 11.7. The zero-order valence-corrected chi connectivity index (χ0v) is 10.1. The summed E-state index contributed by atoms with van der Waals surface area (Å²) < 4.78 is 0. The van der Waals surface area contributed by atoms with Crippen molar-refractivity contribution in [2.75, 3.05) is 5.32 Å². The maximum atomic E-state index is 11.7. The molecule has 0 unspecified atom stereocenters. The molecular weight excluding hydrogens is 224 g/mol. The topological polar surface area (TPSA) is 42.0 Å². The third-order valence-electron chi connectivity index (χ3n) is 2.50. The van der Waals surface area contributed by atoms with E-state index >= 15 is 0 Å². The highest BCUT2D eigenvalue weighted by Crippen LogP contribution is 2.08. The summed E-state index contributed by atoms with van der Waals surface area (Å²) in [5, 5.41) is 3.06. The molecule has 1 aromatic carbocycles. The number of nitrogens with zero attached hydrogens (tertiary/aromatic N) is 1. The second-order valence-corrected chi connectivity index (χ2v) is 3.94. The van der Waals surface area contributed by atoms with Crippen molar-refractivity contribution in [3.63, 3.8) is 0 Å². The molecule has 1 N–H and O–H groups in total. The SMILES string of the molecule is Cc1ccc(N/C=C\C(=O)c2ccncc2)cc1. The highest BCUT2D eigenvalue weighted by Gasteiger charge is 1.99. The molecule has 0 bridgehead atoms. The molecule has 0 radical (unpaired) electrons. The number of hydrogen-bond acceptors (Lipinski definition) is 3. The molecule has 1 aromatic heterocycles. The summed E-state index contributed by atoms with van der Waals surface area (Å²) >= 11 is 0. The van der Waals surface area contributed by atoms with Crippen molar-refractivity contribution in [3.05, 3.63) is 72.2 Å². The third kappa shape index (κ3) is 3.28. The van der Waals surface area contributed by atoms with E-state index in [-0.39, 0.29) is 5.78 Å². The van der Waals surface area contributed by atoms with Crippen LogP contribution in [0.2, 0.25) is 0 Å². The molecular formula is C15H14N2O. The largest absolute Gasteiger partial charge is 0.362 e. The van der Waals surface area contributed by atoms with Gasteiger partial charge in [0.25, 0.3) is 0 Å². The summed E-state index contributed by atoms with van der Waals surface area (Å²) in [5.41, 5.74) is 2.80. The van der Waals surface area contributed by atoms with Crippen LogP contribution in [0.15, 0.2) is 61.1 Å². The van der Waals surface area contributed by atoms with Gasteiger partial charge in [-0.2, -0.15) is 0 Å². The quantitative estimate of drug-likeness (QED) is 0.657. The Morgan fingerprint density at radius 1 is 1.11 bits per heavy atom. The van der Waals surface area contributed by atoms with Crippen LogP contribution >= 0.6 is 0 Å². The van der Waals surface area contributed by atoms with E-state index in [4.69, 9.17) is 0 Å². The Bertz CT molecular complexity index is 544. The van der Waals surface area contributed by atoms with E-state index in [0.717, 1.165) is 5.69 Å². The van der Waals surface area contributed by atoms with E-state index < -0.39 is 0 Å². The molecule has 0 saturated carbocycles. The number of rotatable bonds is 4. The lowest BCUT2D eigenvalue weighted by Crippen LogP contribution is -1.96. The molecule has 18 heavy (non-hydrogen) atoms. The molecule has 0 atom stereocenters.